The van der Waals surface area contributed by atoms with Gasteiger partial charge in [-0.15, -0.1) is 0 Å². The van der Waals surface area contributed by atoms with E-state index in [1.807, 2.05) is 48.5 Å². The van der Waals surface area contributed by atoms with E-state index in [1.165, 1.54) is 11.1 Å². The van der Waals surface area contributed by atoms with Crippen molar-refractivity contribution in [3.05, 3.63) is 70.8 Å². The van der Waals surface area contributed by atoms with Crippen LogP contribution in [0.3, 0.4) is 0 Å². The highest BCUT2D eigenvalue weighted by Crippen LogP contribution is 2.38. The maximum absolute atomic E-state index is 8.93. The minimum Gasteiger partial charge on any atom is -0.192 e. The number of benzene rings is 2. The lowest BCUT2D eigenvalue weighted by Gasteiger charge is -2.35. The second-order valence-electron chi connectivity index (χ2n) is 5.74. The van der Waals surface area contributed by atoms with Crippen molar-refractivity contribution in [3.8, 4) is 12.1 Å². The molecule has 0 saturated heterocycles. The molecule has 0 aliphatic carbocycles. The largest absolute Gasteiger partial charge is 0.192 e. The van der Waals surface area contributed by atoms with Gasteiger partial charge in [0.15, 0.2) is 0 Å². The van der Waals surface area contributed by atoms with Gasteiger partial charge in [-0.05, 0) is 41.3 Å². The average molecular weight is 274 g/mol. The lowest BCUT2D eigenvalue weighted by Crippen LogP contribution is -2.30. The van der Waals surface area contributed by atoms with Gasteiger partial charge in [0, 0.05) is 5.41 Å². The third-order valence-electron chi connectivity index (χ3n) is 4.38. The molecule has 2 aromatic rings. The Kier molecular flexibility index (Phi) is 4.10. The van der Waals surface area contributed by atoms with E-state index in [0.717, 1.165) is 0 Å². The molecule has 0 aliphatic rings. The van der Waals surface area contributed by atoms with Gasteiger partial charge < -0.3 is 0 Å². The molecule has 104 valence electrons. The Morgan fingerprint density at radius 1 is 0.762 bits per heavy atom. The van der Waals surface area contributed by atoms with Crippen LogP contribution in [0.2, 0.25) is 0 Å². The third kappa shape index (κ3) is 2.67. The number of rotatable bonds is 3. The van der Waals surface area contributed by atoms with E-state index in [9.17, 15) is 0 Å². The summed E-state index contributed by atoms with van der Waals surface area (Å²) in [5, 5.41) is 17.9. The first-order chi connectivity index (χ1) is 10.0. The summed E-state index contributed by atoms with van der Waals surface area (Å²) in [5.74, 6) is 0.387. The maximum Gasteiger partial charge on any atom is 0.0991 e. The monoisotopic (exact) mass is 274 g/mol. The van der Waals surface area contributed by atoms with E-state index in [4.69, 9.17) is 10.5 Å². The van der Waals surface area contributed by atoms with Gasteiger partial charge in [-0.2, -0.15) is 10.5 Å². The molecule has 0 atom stereocenters. The van der Waals surface area contributed by atoms with E-state index in [2.05, 4.69) is 32.9 Å². The van der Waals surface area contributed by atoms with Crippen molar-refractivity contribution in [1.82, 2.24) is 0 Å². The zero-order chi connectivity index (χ0) is 15.5. The van der Waals surface area contributed by atoms with E-state index in [0.29, 0.717) is 17.0 Å². The second kappa shape index (κ2) is 5.81. The van der Waals surface area contributed by atoms with Gasteiger partial charge in [0.25, 0.3) is 0 Å². The molecule has 0 radical (unpaired) electrons. The lowest BCUT2D eigenvalue weighted by atomic mass is 9.68. The summed E-state index contributed by atoms with van der Waals surface area (Å²) >= 11 is 0. The van der Waals surface area contributed by atoms with Gasteiger partial charge >= 0.3 is 0 Å². The Bertz CT molecular complexity index is 638. The summed E-state index contributed by atoms with van der Waals surface area (Å²) < 4.78 is 0. The topological polar surface area (TPSA) is 47.6 Å². The molecule has 0 fully saturated rings. The van der Waals surface area contributed by atoms with E-state index < -0.39 is 0 Å². The normalized spacial score (nSPS) is 11.0. The molecule has 0 bridgehead atoms. The van der Waals surface area contributed by atoms with Gasteiger partial charge in [-0.1, -0.05) is 45.0 Å². The van der Waals surface area contributed by atoms with Crippen LogP contribution in [0, 0.1) is 28.6 Å². The van der Waals surface area contributed by atoms with Crippen LogP contribution in [0.1, 0.15) is 43.0 Å². The van der Waals surface area contributed by atoms with Crippen molar-refractivity contribution in [2.75, 3.05) is 0 Å². The number of nitriles is 2. The minimum absolute atomic E-state index is 0.151. The van der Waals surface area contributed by atoms with Crippen LogP contribution in [-0.2, 0) is 5.41 Å². The van der Waals surface area contributed by atoms with Gasteiger partial charge in [-0.25, -0.2) is 0 Å². The summed E-state index contributed by atoms with van der Waals surface area (Å²) in [6, 6.07) is 19.8. The Balaban J connectivity index is 2.53. The standard InChI is InChI=1S/C19H18N2/c1-14(2)19(3,17-8-4-15(12-20)5-9-17)18-10-6-16(13-21)7-11-18/h4-11,14H,1-3H3. The number of hydrogen-bond acceptors (Lipinski definition) is 2. The SMILES string of the molecule is CC(C)C(C)(c1ccc(C#N)cc1)c1ccc(C#N)cc1. The van der Waals surface area contributed by atoms with E-state index in [1.54, 1.807) is 0 Å². The van der Waals surface area contributed by atoms with Crippen molar-refractivity contribution in [1.29, 1.82) is 10.5 Å². The Labute approximate surface area is 126 Å². The molecule has 0 unspecified atom stereocenters. The first kappa shape index (κ1) is 14.8. The third-order valence-corrected chi connectivity index (χ3v) is 4.38. The first-order valence-electron chi connectivity index (χ1n) is 7.03. The molecule has 0 aliphatic heterocycles. The molecular formula is C19H18N2. The van der Waals surface area contributed by atoms with E-state index in [-0.39, 0.29) is 5.41 Å². The minimum atomic E-state index is -0.151. The molecule has 2 rings (SSSR count). The lowest BCUT2D eigenvalue weighted by molar-refractivity contribution is 0.405. The van der Waals surface area contributed by atoms with Crippen LogP contribution >= 0.6 is 0 Å². The summed E-state index contributed by atoms with van der Waals surface area (Å²) in [7, 11) is 0. The molecule has 0 heterocycles. The maximum atomic E-state index is 8.93. The molecule has 0 saturated carbocycles. The Morgan fingerprint density at radius 2 is 1.10 bits per heavy atom. The first-order valence-corrected chi connectivity index (χ1v) is 7.03. The average Bonchev–Trinajstić information content (AvgIpc) is 2.54. The Hall–Kier alpha value is -2.58. The van der Waals surface area contributed by atoms with Crippen molar-refractivity contribution < 1.29 is 0 Å². The van der Waals surface area contributed by atoms with Crippen molar-refractivity contribution in [2.45, 2.75) is 26.2 Å². The fourth-order valence-electron chi connectivity index (χ4n) is 2.62. The highest BCUT2D eigenvalue weighted by molar-refractivity contribution is 5.44. The smallest absolute Gasteiger partial charge is 0.0991 e. The van der Waals surface area contributed by atoms with Gasteiger partial charge in [-0.3, -0.25) is 0 Å². The Morgan fingerprint density at radius 3 is 1.33 bits per heavy atom. The summed E-state index contributed by atoms with van der Waals surface area (Å²) in [4.78, 5) is 0. The summed E-state index contributed by atoms with van der Waals surface area (Å²) in [6.07, 6.45) is 0. The van der Waals surface area contributed by atoms with Crippen LogP contribution in [0.4, 0.5) is 0 Å². The number of nitrogens with zero attached hydrogens (tertiary/aromatic N) is 2. The van der Waals surface area contributed by atoms with Gasteiger partial charge in [0.1, 0.15) is 0 Å². The molecule has 2 heteroatoms. The molecule has 0 N–H and O–H groups in total. The molecule has 2 nitrogen and oxygen atoms in total. The fourth-order valence-corrected chi connectivity index (χ4v) is 2.62. The second-order valence-corrected chi connectivity index (χ2v) is 5.74. The van der Waals surface area contributed by atoms with Crippen LogP contribution in [0.15, 0.2) is 48.5 Å². The highest BCUT2D eigenvalue weighted by atomic mass is 14.4. The zero-order valence-electron chi connectivity index (χ0n) is 12.6. The van der Waals surface area contributed by atoms with Crippen LogP contribution < -0.4 is 0 Å². The van der Waals surface area contributed by atoms with E-state index >= 15 is 0 Å². The van der Waals surface area contributed by atoms with Crippen LogP contribution in [-0.4, -0.2) is 0 Å². The highest BCUT2D eigenvalue weighted by Gasteiger charge is 2.32. The van der Waals surface area contributed by atoms with Crippen LogP contribution in [0.5, 0.6) is 0 Å². The molecular weight excluding hydrogens is 256 g/mol. The molecule has 21 heavy (non-hydrogen) atoms. The van der Waals surface area contributed by atoms with Gasteiger partial charge in [0.05, 0.1) is 23.3 Å². The van der Waals surface area contributed by atoms with Crippen LogP contribution in [0.25, 0.3) is 0 Å². The van der Waals surface area contributed by atoms with Crippen molar-refractivity contribution in [2.24, 2.45) is 5.92 Å². The predicted molar refractivity (Wildman–Crippen MR) is 83.6 cm³/mol. The number of hydrogen-bond donors (Lipinski definition) is 0. The molecule has 2 aromatic carbocycles. The molecule has 0 aromatic heterocycles. The summed E-state index contributed by atoms with van der Waals surface area (Å²) in [6.45, 7) is 6.59. The predicted octanol–water partition coefficient (Wildman–Crippen LogP) is 4.39. The zero-order valence-corrected chi connectivity index (χ0v) is 12.6. The summed E-state index contributed by atoms with van der Waals surface area (Å²) in [5.41, 5.74) is 3.55. The van der Waals surface area contributed by atoms with Crippen molar-refractivity contribution >= 4 is 0 Å². The molecule has 0 spiro atoms. The molecule has 0 amide bonds. The quantitative estimate of drug-likeness (QED) is 0.833. The van der Waals surface area contributed by atoms with Gasteiger partial charge in [0.2, 0.25) is 0 Å². The fraction of sp³-hybridized carbons (Fsp3) is 0.263. The van der Waals surface area contributed by atoms with Crippen molar-refractivity contribution in [3.63, 3.8) is 0 Å².